The number of carbonyl (C=O) groups excluding carboxylic acids is 1. The third kappa shape index (κ3) is 2.40. The minimum Gasteiger partial charge on any atom is -0.344 e. The Balaban J connectivity index is 1.66. The molecule has 0 aliphatic carbocycles. The van der Waals surface area contributed by atoms with Gasteiger partial charge in [0.15, 0.2) is 0 Å². The lowest BCUT2D eigenvalue weighted by Gasteiger charge is -2.22. The Kier molecular flexibility index (Phi) is 3.18. The number of rotatable bonds is 2. The summed E-state index contributed by atoms with van der Waals surface area (Å²) in [4.78, 5) is 26.9. The summed E-state index contributed by atoms with van der Waals surface area (Å²) in [6.45, 7) is 4.74. The summed E-state index contributed by atoms with van der Waals surface area (Å²) in [6.07, 6.45) is 7.53. The normalized spacial score (nSPS) is 18.0. The molecule has 1 aliphatic rings. The SMILES string of the molecule is Cc1ccc2nc(C(=O)N3CCCC3c3ncc(C)[nH]3)cn2c1. The lowest BCUT2D eigenvalue weighted by molar-refractivity contribution is 0.0725. The van der Waals surface area contributed by atoms with Crippen molar-refractivity contribution in [2.24, 2.45) is 0 Å². The maximum absolute atomic E-state index is 12.9. The maximum Gasteiger partial charge on any atom is 0.274 e. The lowest BCUT2D eigenvalue weighted by atomic mass is 10.2. The number of carbonyl (C=O) groups is 1. The number of amides is 1. The van der Waals surface area contributed by atoms with Gasteiger partial charge in [-0.2, -0.15) is 0 Å². The molecular formula is C17H19N5O. The lowest BCUT2D eigenvalue weighted by Crippen LogP contribution is -2.31. The Bertz CT molecular complexity index is 878. The molecule has 1 amide bonds. The molecule has 3 aromatic heterocycles. The first-order valence-corrected chi connectivity index (χ1v) is 7.89. The zero-order valence-corrected chi connectivity index (χ0v) is 13.3. The van der Waals surface area contributed by atoms with Crippen molar-refractivity contribution in [3.63, 3.8) is 0 Å². The van der Waals surface area contributed by atoms with Crippen molar-refractivity contribution in [1.29, 1.82) is 0 Å². The molecule has 1 N–H and O–H groups in total. The number of pyridine rings is 1. The average Bonchev–Trinajstić information content (AvgIpc) is 3.23. The topological polar surface area (TPSA) is 66.3 Å². The van der Waals surface area contributed by atoms with Crippen LogP contribution in [0.3, 0.4) is 0 Å². The van der Waals surface area contributed by atoms with E-state index in [1.165, 1.54) is 0 Å². The minimum absolute atomic E-state index is 0.0164. The van der Waals surface area contributed by atoms with Gasteiger partial charge < -0.3 is 14.3 Å². The molecular weight excluding hydrogens is 290 g/mol. The molecule has 0 aromatic carbocycles. The predicted octanol–water partition coefficient (Wildman–Crippen LogP) is 2.65. The van der Waals surface area contributed by atoms with E-state index in [1.807, 2.05) is 53.9 Å². The van der Waals surface area contributed by atoms with Crippen molar-refractivity contribution < 1.29 is 4.79 Å². The second-order valence-electron chi connectivity index (χ2n) is 6.21. The van der Waals surface area contributed by atoms with Crippen LogP contribution in [0.15, 0.2) is 30.7 Å². The molecule has 23 heavy (non-hydrogen) atoms. The van der Waals surface area contributed by atoms with E-state index in [0.717, 1.165) is 42.1 Å². The molecule has 4 heterocycles. The minimum atomic E-state index is -0.0251. The van der Waals surface area contributed by atoms with Crippen LogP contribution in [0, 0.1) is 13.8 Å². The van der Waals surface area contributed by atoms with Crippen molar-refractivity contribution in [2.45, 2.75) is 32.7 Å². The number of aromatic nitrogens is 4. The molecule has 1 fully saturated rings. The molecule has 0 radical (unpaired) electrons. The van der Waals surface area contributed by atoms with E-state index in [-0.39, 0.29) is 11.9 Å². The second-order valence-corrected chi connectivity index (χ2v) is 6.21. The van der Waals surface area contributed by atoms with Gasteiger partial charge in [-0.25, -0.2) is 9.97 Å². The number of imidazole rings is 2. The van der Waals surface area contributed by atoms with Gasteiger partial charge in [0.05, 0.1) is 6.04 Å². The predicted molar refractivity (Wildman–Crippen MR) is 86.3 cm³/mol. The fourth-order valence-electron chi connectivity index (χ4n) is 3.25. The Morgan fingerprint density at radius 2 is 2.17 bits per heavy atom. The number of aryl methyl sites for hydroxylation is 2. The highest BCUT2D eigenvalue weighted by Gasteiger charge is 2.33. The smallest absolute Gasteiger partial charge is 0.274 e. The highest BCUT2D eigenvalue weighted by Crippen LogP contribution is 2.31. The summed E-state index contributed by atoms with van der Waals surface area (Å²) in [5.74, 6) is 0.843. The van der Waals surface area contributed by atoms with E-state index >= 15 is 0 Å². The molecule has 3 aromatic rings. The zero-order valence-electron chi connectivity index (χ0n) is 13.3. The summed E-state index contributed by atoms with van der Waals surface area (Å²) >= 11 is 0. The van der Waals surface area contributed by atoms with Gasteiger partial charge in [-0.15, -0.1) is 0 Å². The third-order valence-electron chi connectivity index (χ3n) is 4.37. The van der Waals surface area contributed by atoms with E-state index in [9.17, 15) is 4.79 Å². The molecule has 0 spiro atoms. The van der Waals surface area contributed by atoms with Gasteiger partial charge >= 0.3 is 0 Å². The maximum atomic E-state index is 12.9. The monoisotopic (exact) mass is 309 g/mol. The van der Waals surface area contributed by atoms with Gasteiger partial charge in [-0.1, -0.05) is 6.07 Å². The van der Waals surface area contributed by atoms with E-state index in [2.05, 4.69) is 15.0 Å². The van der Waals surface area contributed by atoms with Crippen molar-refractivity contribution in [1.82, 2.24) is 24.3 Å². The van der Waals surface area contributed by atoms with Gasteiger partial charge in [0.1, 0.15) is 17.2 Å². The van der Waals surface area contributed by atoms with E-state index in [4.69, 9.17) is 0 Å². The summed E-state index contributed by atoms with van der Waals surface area (Å²) < 4.78 is 1.91. The van der Waals surface area contributed by atoms with Crippen molar-refractivity contribution in [3.05, 3.63) is 53.5 Å². The van der Waals surface area contributed by atoms with E-state index < -0.39 is 0 Å². The van der Waals surface area contributed by atoms with Crippen LogP contribution in [0.4, 0.5) is 0 Å². The van der Waals surface area contributed by atoms with Crippen LogP contribution < -0.4 is 0 Å². The molecule has 0 bridgehead atoms. The van der Waals surface area contributed by atoms with Gasteiger partial charge in [0.25, 0.3) is 5.91 Å². The molecule has 118 valence electrons. The number of aromatic amines is 1. The molecule has 0 saturated carbocycles. The largest absolute Gasteiger partial charge is 0.344 e. The number of H-pyrrole nitrogens is 1. The summed E-state index contributed by atoms with van der Waals surface area (Å²) in [7, 11) is 0. The molecule has 1 aliphatic heterocycles. The van der Waals surface area contributed by atoms with Crippen molar-refractivity contribution >= 4 is 11.6 Å². The third-order valence-corrected chi connectivity index (χ3v) is 4.37. The number of likely N-dealkylation sites (tertiary alicyclic amines) is 1. The molecule has 4 rings (SSSR count). The Hall–Kier alpha value is -2.63. The fourth-order valence-corrected chi connectivity index (χ4v) is 3.25. The number of nitrogens with one attached hydrogen (secondary N) is 1. The molecule has 6 heteroatoms. The average molecular weight is 309 g/mol. The highest BCUT2D eigenvalue weighted by atomic mass is 16.2. The first kappa shape index (κ1) is 14.0. The Morgan fingerprint density at radius 3 is 2.96 bits per heavy atom. The van der Waals surface area contributed by atoms with Crippen LogP contribution >= 0.6 is 0 Å². The Labute approximate surface area is 134 Å². The van der Waals surface area contributed by atoms with Gasteiger partial charge in [-0.3, -0.25) is 4.79 Å². The van der Waals surface area contributed by atoms with Gasteiger partial charge in [0.2, 0.25) is 0 Å². The van der Waals surface area contributed by atoms with Gasteiger partial charge in [0, 0.05) is 30.8 Å². The zero-order chi connectivity index (χ0) is 16.0. The molecule has 1 unspecified atom stereocenters. The molecule has 6 nitrogen and oxygen atoms in total. The quantitative estimate of drug-likeness (QED) is 0.791. The number of nitrogens with zero attached hydrogens (tertiary/aromatic N) is 4. The second kappa shape index (κ2) is 5.22. The van der Waals surface area contributed by atoms with Crippen molar-refractivity contribution in [2.75, 3.05) is 6.54 Å². The Morgan fingerprint density at radius 1 is 1.30 bits per heavy atom. The van der Waals surface area contributed by atoms with Crippen LogP contribution in [0.2, 0.25) is 0 Å². The van der Waals surface area contributed by atoms with E-state index in [0.29, 0.717) is 5.69 Å². The first-order chi connectivity index (χ1) is 11.1. The van der Waals surface area contributed by atoms with Crippen molar-refractivity contribution in [3.8, 4) is 0 Å². The van der Waals surface area contributed by atoms with Crippen LogP contribution in [-0.4, -0.2) is 36.7 Å². The highest BCUT2D eigenvalue weighted by molar-refractivity contribution is 5.93. The van der Waals surface area contributed by atoms with E-state index in [1.54, 1.807) is 0 Å². The summed E-state index contributed by atoms with van der Waals surface area (Å²) in [5.41, 5.74) is 3.44. The first-order valence-electron chi connectivity index (χ1n) is 7.89. The fraction of sp³-hybridized carbons (Fsp3) is 0.353. The summed E-state index contributed by atoms with van der Waals surface area (Å²) in [6, 6.07) is 3.95. The summed E-state index contributed by atoms with van der Waals surface area (Å²) in [5, 5.41) is 0. The van der Waals surface area contributed by atoms with Crippen LogP contribution in [0.1, 0.15) is 46.5 Å². The van der Waals surface area contributed by atoms with Gasteiger partial charge in [-0.05, 0) is 38.3 Å². The van der Waals surface area contributed by atoms with Crippen LogP contribution in [0.5, 0.6) is 0 Å². The molecule has 1 saturated heterocycles. The number of hydrogen-bond donors (Lipinski definition) is 1. The standard InChI is InChI=1S/C17H19N5O/c1-11-5-6-15-20-13(10-21(15)9-11)17(23)22-7-3-4-14(22)16-18-8-12(2)19-16/h5-6,8-10,14H,3-4,7H2,1-2H3,(H,18,19). The number of hydrogen-bond acceptors (Lipinski definition) is 3. The van der Waals surface area contributed by atoms with Crippen LogP contribution in [-0.2, 0) is 0 Å². The van der Waals surface area contributed by atoms with Crippen LogP contribution in [0.25, 0.3) is 5.65 Å². The molecule has 1 atom stereocenters. The number of fused-ring (bicyclic) bond motifs is 1.